The number of hydrogen-bond donors (Lipinski definition) is 1. The summed E-state index contributed by atoms with van der Waals surface area (Å²) < 4.78 is 0. The third-order valence-corrected chi connectivity index (χ3v) is 4.75. The molecule has 5 rings (SSSR count). The van der Waals surface area contributed by atoms with Crippen LogP contribution in [-0.2, 0) is 6.42 Å². The minimum Gasteiger partial charge on any atom is -0.361 e. The molecule has 24 heavy (non-hydrogen) atoms. The molecule has 0 amide bonds. The lowest BCUT2D eigenvalue weighted by Crippen LogP contribution is -1.81. The van der Waals surface area contributed by atoms with Crippen molar-refractivity contribution in [2.24, 2.45) is 4.99 Å². The first-order valence-corrected chi connectivity index (χ1v) is 8.20. The second-order valence-corrected chi connectivity index (χ2v) is 6.22. The SMILES string of the molecule is C(=Nc1ccc2c(c1)Cc1ccccc1-2)c1c[nH]c2ccccc12. The van der Waals surface area contributed by atoms with Gasteiger partial charge < -0.3 is 4.98 Å². The van der Waals surface area contributed by atoms with E-state index in [1.54, 1.807) is 0 Å². The van der Waals surface area contributed by atoms with E-state index in [4.69, 9.17) is 4.99 Å². The fourth-order valence-electron chi connectivity index (χ4n) is 3.56. The van der Waals surface area contributed by atoms with Crippen LogP contribution in [0.3, 0.4) is 0 Å². The zero-order chi connectivity index (χ0) is 15.9. The Labute approximate surface area is 140 Å². The first kappa shape index (κ1) is 13.3. The number of nitrogens with zero attached hydrogens (tertiary/aromatic N) is 1. The lowest BCUT2D eigenvalue weighted by atomic mass is 10.1. The zero-order valence-corrected chi connectivity index (χ0v) is 13.2. The molecule has 1 aromatic heterocycles. The van der Waals surface area contributed by atoms with Gasteiger partial charge in [-0.3, -0.25) is 4.99 Å². The smallest absolute Gasteiger partial charge is 0.0633 e. The number of hydrogen-bond acceptors (Lipinski definition) is 1. The maximum Gasteiger partial charge on any atom is 0.0633 e. The molecule has 0 saturated carbocycles. The normalized spacial score (nSPS) is 12.7. The molecule has 0 fully saturated rings. The lowest BCUT2D eigenvalue weighted by Gasteiger charge is -2.01. The molecule has 0 saturated heterocycles. The number of fused-ring (bicyclic) bond motifs is 4. The fraction of sp³-hybridized carbons (Fsp3) is 0.0455. The molecule has 0 atom stereocenters. The van der Waals surface area contributed by atoms with Crippen molar-refractivity contribution in [1.29, 1.82) is 0 Å². The monoisotopic (exact) mass is 308 g/mol. The molecule has 0 spiro atoms. The second kappa shape index (κ2) is 5.20. The van der Waals surface area contributed by atoms with E-state index in [9.17, 15) is 0 Å². The Kier molecular flexibility index (Phi) is 2.89. The Morgan fingerprint density at radius 1 is 0.833 bits per heavy atom. The number of H-pyrrole nitrogens is 1. The highest BCUT2D eigenvalue weighted by Crippen LogP contribution is 2.38. The first-order chi connectivity index (χ1) is 11.9. The van der Waals surface area contributed by atoms with E-state index in [0.29, 0.717) is 0 Å². The van der Waals surface area contributed by atoms with Crippen LogP contribution in [0.4, 0.5) is 5.69 Å². The Hall–Kier alpha value is -3.13. The molecule has 1 aliphatic carbocycles. The number of aliphatic imine (C=N–C) groups is 1. The molecule has 0 radical (unpaired) electrons. The van der Waals surface area contributed by atoms with Crippen LogP contribution in [0, 0.1) is 0 Å². The van der Waals surface area contributed by atoms with Crippen molar-refractivity contribution < 1.29 is 0 Å². The van der Waals surface area contributed by atoms with E-state index in [0.717, 1.165) is 23.2 Å². The summed E-state index contributed by atoms with van der Waals surface area (Å²) >= 11 is 0. The van der Waals surface area contributed by atoms with Crippen LogP contribution in [0.5, 0.6) is 0 Å². The average molecular weight is 308 g/mol. The average Bonchev–Trinajstić information content (AvgIpc) is 3.20. The molecular weight excluding hydrogens is 292 g/mol. The van der Waals surface area contributed by atoms with Crippen LogP contribution >= 0.6 is 0 Å². The van der Waals surface area contributed by atoms with Gasteiger partial charge in [0.15, 0.2) is 0 Å². The van der Waals surface area contributed by atoms with Crippen molar-refractivity contribution in [3.8, 4) is 11.1 Å². The number of aromatic amines is 1. The minimum atomic E-state index is 1.00. The van der Waals surface area contributed by atoms with Gasteiger partial charge in [0.2, 0.25) is 0 Å². The summed E-state index contributed by atoms with van der Waals surface area (Å²) in [6.07, 6.45) is 4.96. The van der Waals surface area contributed by atoms with Gasteiger partial charge in [0, 0.05) is 28.9 Å². The minimum absolute atomic E-state index is 1.00. The molecule has 1 N–H and O–H groups in total. The van der Waals surface area contributed by atoms with Gasteiger partial charge in [-0.2, -0.15) is 0 Å². The van der Waals surface area contributed by atoms with Gasteiger partial charge in [0.05, 0.1) is 5.69 Å². The molecular formula is C22H16N2. The maximum absolute atomic E-state index is 4.69. The number of rotatable bonds is 2. The van der Waals surface area contributed by atoms with Crippen molar-refractivity contribution in [1.82, 2.24) is 4.98 Å². The van der Waals surface area contributed by atoms with E-state index < -0.39 is 0 Å². The molecule has 0 aliphatic heterocycles. The van der Waals surface area contributed by atoms with Crippen LogP contribution in [0.2, 0.25) is 0 Å². The highest BCUT2D eigenvalue weighted by molar-refractivity contribution is 5.99. The molecule has 2 nitrogen and oxygen atoms in total. The third-order valence-electron chi connectivity index (χ3n) is 4.75. The van der Waals surface area contributed by atoms with Crippen molar-refractivity contribution in [3.05, 3.63) is 89.6 Å². The topological polar surface area (TPSA) is 28.1 Å². The van der Waals surface area contributed by atoms with Crippen LogP contribution in [0.25, 0.3) is 22.0 Å². The molecule has 0 unspecified atom stereocenters. The number of nitrogens with one attached hydrogen (secondary N) is 1. The molecule has 114 valence electrons. The number of para-hydroxylation sites is 1. The summed E-state index contributed by atoms with van der Waals surface area (Å²) in [5.41, 5.74) is 8.75. The predicted molar refractivity (Wildman–Crippen MR) is 100 cm³/mol. The van der Waals surface area contributed by atoms with Crippen molar-refractivity contribution in [2.45, 2.75) is 6.42 Å². The summed E-state index contributed by atoms with van der Waals surface area (Å²) in [7, 11) is 0. The van der Waals surface area contributed by atoms with E-state index in [2.05, 4.69) is 65.6 Å². The number of aromatic nitrogens is 1. The Morgan fingerprint density at radius 2 is 1.67 bits per heavy atom. The van der Waals surface area contributed by atoms with E-state index >= 15 is 0 Å². The van der Waals surface area contributed by atoms with Gasteiger partial charge in [0.1, 0.15) is 0 Å². The molecule has 0 bridgehead atoms. The van der Waals surface area contributed by atoms with Gasteiger partial charge in [-0.15, -0.1) is 0 Å². The Bertz CT molecular complexity index is 1090. The molecule has 3 aromatic carbocycles. The standard InChI is InChI=1S/C22H16N2/c1-2-6-19-15(5-1)11-16-12-18(9-10-20(16)19)23-13-17-14-24-22-8-4-3-7-21(17)22/h1-10,12-14,24H,11H2. The largest absolute Gasteiger partial charge is 0.361 e. The van der Waals surface area contributed by atoms with Gasteiger partial charge in [-0.05, 0) is 46.9 Å². The van der Waals surface area contributed by atoms with Crippen LogP contribution in [-0.4, -0.2) is 11.2 Å². The highest BCUT2D eigenvalue weighted by atomic mass is 14.7. The Morgan fingerprint density at radius 3 is 2.67 bits per heavy atom. The lowest BCUT2D eigenvalue weighted by molar-refractivity contribution is 1.26. The predicted octanol–water partition coefficient (Wildman–Crippen LogP) is 5.49. The van der Waals surface area contributed by atoms with Crippen LogP contribution in [0.1, 0.15) is 16.7 Å². The first-order valence-electron chi connectivity index (χ1n) is 8.20. The van der Waals surface area contributed by atoms with Gasteiger partial charge in [0.25, 0.3) is 0 Å². The number of benzene rings is 3. The van der Waals surface area contributed by atoms with Crippen LogP contribution in [0.15, 0.2) is 77.9 Å². The van der Waals surface area contributed by atoms with Crippen molar-refractivity contribution in [3.63, 3.8) is 0 Å². The highest BCUT2D eigenvalue weighted by Gasteiger charge is 2.17. The third kappa shape index (κ3) is 2.08. The van der Waals surface area contributed by atoms with E-state index in [1.807, 2.05) is 18.5 Å². The van der Waals surface area contributed by atoms with E-state index in [-0.39, 0.29) is 0 Å². The van der Waals surface area contributed by atoms with E-state index in [1.165, 1.54) is 27.6 Å². The fourth-order valence-corrected chi connectivity index (χ4v) is 3.56. The van der Waals surface area contributed by atoms with Gasteiger partial charge in [-0.25, -0.2) is 0 Å². The Balaban J connectivity index is 1.50. The van der Waals surface area contributed by atoms with Gasteiger partial charge in [-0.1, -0.05) is 48.5 Å². The van der Waals surface area contributed by atoms with Crippen LogP contribution < -0.4 is 0 Å². The molecule has 4 aromatic rings. The molecule has 2 heteroatoms. The summed E-state index contributed by atoms with van der Waals surface area (Å²) in [4.78, 5) is 7.98. The maximum atomic E-state index is 4.69. The van der Waals surface area contributed by atoms with Gasteiger partial charge >= 0.3 is 0 Å². The molecule has 1 heterocycles. The second-order valence-electron chi connectivity index (χ2n) is 6.22. The summed E-state index contributed by atoms with van der Waals surface area (Å²) in [5, 5.41) is 1.20. The van der Waals surface area contributed by atoms with Crippen molar-refractivity contribution >= 4 is 22.8 Å². The quantitative estimate of drug-likeness (QED) is 0.418. The van der Waals surface area contributed by atoms with Crippen molar-refractivity contribution in [2.75, 3.05) is 0 Å². The summed E-state index contributed by atoms with van der Waals surface area (Å²) in [6.45, 7) is 0. The molecule has 1 aliphatic rings. The summed E-state index contributed by atoms with van der Waals surface area (Å²) in [6, 6.07) is 23.4. The summed E-state index contributed by atoms with van der Waals surface area (Å²) in [5.74, 6) is 0. The zero-order valence-electron chi connectivity index (χ0n) is 13.2.